The van der Waals surface area contributed by atoms with Gasteiger partial charge in [0.1, 0.15) is 13.2 Å². The molecular weight excluding hydrogens is 348 g/mol. The van der Waals surface area contributed by atoms with E-state index < -0.39 is 0 Å². The van der Waals surface area contributed by atoms with E-state index in [1.165, 1.54) is 5.56 Å². The molecule has 0 atom stereocenters. The molecule has 2 aromatic carbocycles. The van der Waals surface area contributed by atoms with Crippen LogP contribution < -0.4 is 14.8 Å². The van der Waals surface area contributed by atoms with Gasteiger partial charge in [0.05, 0.1) is 22.8 Å². The molecule has 1 aliphatic rings. The van der Waals surface area contributed by atoms with Crippen LogP contribution in [0.1, 0.15) is 26.6 Å². The van der Waals surface area contributed by atoms with Crippen molar-refractivity contribution >= 4 is 17.2 Å². The third kappa shape index (κ3) is 3.70. The molecule has 26 heavy (non-hydrogen) atoms. The van der Waals surface area contributed by atoms with Crippen LogP contribution in [0.5, 0.6) is 11.5 Å². The molecule has 0 bridgehead atoms. The number of aromatic nitrogens is 1. The summed E-state index contributed by atoms with van der Waals surface area (Å²) in [5.74, 6) is 0.937. The van der Waals surface area contributed by atoms with Crippen LogP contribution in [0.4, 0.5) is 0 Å². The topological polar surface area (TPSA) is 60.5 Å². The number of thiazole rings is 1. The van der Waals surface area contributed by atoms with Crippen molar-refractivity contribution in [3.63, 3.8) is 0 Å². The Kier molecular flexibility index (Phi) is 4.84. The van der Waals surface area contributed by atoms with Crippen molar-refractivity contribution < 1.29 is 14.3 Å². The Labute approximate surface area is 155 Å². The third-order valence-corrected chi connectivity index (χ3v) is 4.94. The van der Waals surface area contributed by atoms with Crippen LogP contribution in [0.2, 0.25) is 0 Å². The summed E-state index contributed by atoms with van der Waals surface area (Å²) in [7, 11) is 0. The van der Waals surface area contributed by atoms with Gasteiger partial charge in [-0.05, 0) is 17.7 Å². The van der Waals surface area contributed by atoms with E-state index in [9.17, 15) is 4.79 Å². The first-order valence-electron chi connectivity index (χ1n) is 8.43. The third-order valence-electron chi connectivity index (χ3n) is 4.04. The number of carbonyl (C=O) groups excluding carboxylic acids is 1. The van der Waals surface area contributed by atoms with E-state index in [0.717, 1.165) is 17.1 Å². The summed E-state index contributed by atoms with van der Waals surface area (Å²) >= 11 is 1.61. The minimum absolute atomic E-state index is 0.190. The Morgan fingerprint density at radius 2 is 1.92 bits per heavy atom. The number of hydrogen-bond acceptors (Lipinski definition) is 5. The standard InChI is InChI=1S/C20H18N2O3S/c23-20(16-7-4-8-17-19(16)25-10-9-24-17)21-12-15-13-26-18(22-15)11-14-5-2-1-3-6-14/h1-8,13H,9-12H2,(H,21,23). The lowest BCUT2D eigenvalue weighted by molar-refractivity contribution is 0.0939. The summed E-state index contributed by atoms with van der Waals surface area (Å²) in [6.07, 6.45) is 0.802. The van der Waals surface area contributed by atoms with Crippen molar-refractivity contribution in [3.8, 4) is 11.5 Å². The average molecular weight is 366 g/mol. The molecule has 0 unspecified atom stereocenters. The smallest absolute Gasteiger partial charge is 0.255 e. The molecule has 0 saturated heterocycles. The van der Waals surface area contributed by atoms with Crippen LogP contribution in [0.15, 0.2) is 53.9 Å². The number of amides is 1. The molecule has 4 rings (SSSR count). The van der Waals surface area contributed by atoms with Crippen LogP contribution >= 0.6 is 11.3 Å². The first kappa shape index (κ1) is 16.6. The highest BCUT2D eigenvalue weighted by atomic mass is 32.1. The summed E-state index contributed by atoms with van der Waals surface area (Å²) in [6.45, 7) is 1.34. The highest BCUT2D eigenvalue weighted by molar-refractivity contribution is 7.09. The van der Waals surface area contributed by atoms with Gasteiger partial charge in [-0.2, -0.15) is 0 Å². The van der Waals surface area contributed by atoms with Gasteiger partial charge in [-0.25, -0.2) is 4.98 Å². The van der Waals surface area contributed by atoms with Crippen LogP contribution in [0.3, 0.4) is 0 Å². The molecule has 5 nitrogen and oxygen atoms in total. The first-order chi connectivity index (χ1) is 12.8. The van der Waals surface area contributed by atoms with Crippen LogP contribution in [0.25, 0.3) is 0 Å². The summed E-state index contributed by atoms with van der Waals surface area (Å²) in [5.41, 5.74) is 2.57. The number of carbonyl (C=O) groups is 1. The van der Waals surface area contributed by atoms with E-state index in [4.69, 9.17) is 9.47 Å². The number of ether oxygens (including phenoxy) is 2. The number of fused-ring (bicyclic) bond motifs is 1. The Bertz CT molecular complexity index is 908. The first-order valence-corrected chi connectivity index (χ1v) is 9.31. The van der Waals surface area contributed by atoms with E-state index in [-0.39, 0.29) is 5.91 Å². The second kappa shape index (κ2) is 7.58. The molecule has 1 aromatic heterocycles. The van der Waals surface area contributed by atoms with E-state index in [0.29, 0.717) is 36.8 Å². The van der Waals surface area contributed by atoms with Crippen LogP contribution in [-0.2, 0) is 13.0 Å². The van der Waals surface area contributed by atoms with E-state index in [1.807, 2.05) is 29.6 Å². The molecule has 2 heterocycles. The fourth-order valence-corrected chi connectivity index (χ4v) is 3.63. The Morgan fingerprint density at radius 1 is 1.08 bits per heavy atom. The van der Waals surface area contributed by atoms with Crippen LogP contribution in [-0.4, -0.2) is 24.1 Å². The van der Waals surface area contributed by atoms with E-state index in [1.54, 1.807) is 23.5 Å². The van der Waals surface area contributed by atoms with Gasteiger partial charge in [0, 0.05) is 11.8 Å². The van der Waals surface area contributed by atoms with Gasteiger partial charge in [-0.3, -0.25) is 4.79 Å². The maximum absolute atomic E-state index is 12.5. The lowest BCUT2D eigenvalue weighted by Gasteiger charge is -2.20. The molecule has 3 aromatic rings. The van der Waals surface area contributed by atoms with Crippen molar-refractivity contribution in [1.82, 2.24) is 10.3 Å². The maximum Gasteiger partial charge on any atom is 0.255 e. The molecule has 0 fully saturated rings. The second-order valence-corrected chi connectivity index (χ2v) is 6.85. The molecule has 1 aliphatic heterocycles. The van der Waals surface area contributed by atoms with Gasteiger partial charge in [0.25, 0.3) is 5.91 Å². The fourth-order valence-electron chi connectivity index (χ4n) is 2.80. The predicted molar refractivity (Wildman–Crippen MR) is 100.0 cm³/mol. The minimum Gasteiger partial charge on any atom is -0.486 e. The lowest BCUT2D eigenvalue weighted by atomic mass is 10.1. The van der Waals surface area contributed by atoms with Crippen molar-refractivity contribution in [2.75, 3.05) is 13.2 Å². The summed E-state index contributed by atoms with van der Waals surface area (Å²) in [6, 6.07) is 15.6. The van der Waals surface area contributed by atoms with Crippen molar-refractivity contribution in [3.05, 3.63) is 75.7 Å². The Balaban J connectivity index is 1.40. The van der Waals surface area contributed by atoms with Gasteiger partial charge in [0.15, 0.2) is 11.5 Å². The molecule has 132 valence electrons. The molecule has 0 aliphatic carbocycles. The lowest BCUT2D eigenvalue weighted by Crippen LogP contribution is -2.25. The van der Waals surface area contributed by atoms with Crippen LogP contribution in [0, 0.1) is 0 Å². The monoisotopic (exact) mass is 366 g/mol. The Morgan fingerprint density at radius 3 is 2.81 bits per heavy atom. The summed E-state index contributed by atoms with van der Waals surface area (Å²) in [5, 5.41) is 5.93. The zero-order valence-electron chi connectivity index (χ0n) is 14.1. The zero-order chi connectivity index (χ0) is 17.8. The molecule has 6 heteroatoms. The molecule has 0 spiro atoms. The number of nitrogens with one attached hydrogen (secondary N) is 1. The number of nitrogens with zero attached hydrogens (tertiary/aromatic N) is 1. The van der Waals surface area contributed by atoms with Gasteiger partial charge in [0.2, 0.25) is 0 Å². The summed E-state index contributed by atoms with van der Waals surface area (Å²) in [4.78, 5) is 17.1. The predicted octanol–water partition coefficient (Wildman–Crippen LogP) is 3.44. The number of para-hydroxylation sites is 1. The highest BCUT2D eigenvalue weighted by Gasteiger charge is 2.20. The average Bonchev–Trinajstić information content (AvgIpc) is 3.14. The molecular formula is C20H18N2O3S. The summed E-state index contributed by atoms with van der Waals surface area (Å²) < 4.78 is 11.1. The SMILES string of the molecule is O=C(NCc1csc(Cc2ccccc2)n1)c1cccc2c1OCCO2. The second-order valence-electron chi connectivity index (χ2n) is 5.91. The molecule has 1 amide bonds. The van der Waals surface area contributed by atoms with E-state index >= 15 is 0 Å². The van der Waals surface area contributed by atoms with Gasteiger partial charge in [-0.1, -0.05) is 36.4 Å². The molecule has 0 radical (unpaired) electrons. The highest BCUT2D eigenvalue weighted by Crippen LogP contribution is 2.33. The van der Waals surface area contributed by atoms with Crippen molar-refractivity contribution in [2.24, 2.45) is 0 Å². The number of rotatable bonds is 5. The zero-order valence-corrected chi connectivity index (χ0v) is 14.9. The van der Waals surface area contributed by atoms with Crippen molar-refractivity contribution in [2.45, 2.75) is 13.0 Å². The normalized spacial score (nSPS) is 12.6. The Hall–Kier alpha value is -2.86. The maximum atomic E-state index is 12.5. The molecule has 1 N–H and O–H groups in total. The van der Waals surface area contributed by atoms with Crippen molar-refractivity contribution in [1.29, 1.82) is 0 Å². The van der Waals surface area contributed by atoms with Gasteiger partial charge in [-0.15, -0.1) is 11.3 Å². The van der Waals surface area contributed by atoms with E-state index in [2.05, 4.69) is 22.4 Å². The van der Waals surface area contributed by atoms with Gasteiger partial charge < -0.3 is 14.8 Å². The fraction of sp³-hybridized carbons (Fsp3) is 0.200. The minimum atomic E-state index is -0.190. The van der Waals surface area contributed by atoms with Gasteiger partial charge >= 0.3 is 0 Å². The largest absolute Gasteiger partial charge is 0.486 e. The number of hydrogen-bond donors (Lipinski definition) is 1. The quantitative estimate of drug-likeness (QED) is 0.751. The molecule has 0 saturated carbocycles. The number of benzene rings is 2.